The van der Waals surface area contributed by atoms with Crippen molar-refractivity contribution in [3.63, 3.8) is 0 Å². The quantitative estimate of drug-likeness (QED) is 0.899. The summed E-state index contributed by atoms with van der Waals surface area (Å²) in [5, 5.41) is 0. The zero-order valence-corrected chi connectivity index (χ0v) is 12.4. The molecule has 0 radical (unpaired) electrons. The van der Waals surface area contributed by atoms with Gasteiger partial charge >= 0.3 is 0 Å². The van der Waals surface area contributed by atoms with E-state index in [1.165, 1.54) is 25.1 Å². The SMILES string of the molecule is CN1CCCC(c2ccnc(CC(C)(C)CN)n2)C1. The van der Waals surface area contributed by atoms with Gasteiger partial charge < -0.3 is 10.6 Å². The molecule has 0 bridgehead atoms. The van der Waals surface area contributed by atoms with Crippen LogP contribution in [0.15, 0.2) is 12.3 Å². The Morgan fingerprint density at radius 3 is 2.95 bits per heavy atom. The van der Waals surface area contributed by atoms with E-state index in [9.17, 15) is 0 Å². The lowest BCUT2D eigenvalue weighted by atomic mass is 9.89. The molecule has 0 spiro atoms. The van der Waals surface area contributed by atoms with Crippen molar-refractivity contribution in [3.8, 4) is 0 Å². The Bertz CT molecular complexity index is 416. The predicted octanol–water partition coefficient (Wildman–Crippen LogP) is 1.81. The molecule has 106 valence electrons. The number of nitrogens with two attached hydrogens (primary N) is 1. The van der Waals surface area contributed by atoms with E-state index in [4.69, 9.17) is 10.7 Å². The minimum Gasteiger partial charge on any atom is -0.330 e. The maximum Gasteiger partial charge on any atom is 0.129 e. The first-order valence-electron chi connectivity index (χ1n) is 7.20. The summed E-state index contributed by atoms with van der Waals surface area (Å²) in [5.74, 6) is 1.49. The lowest BCUT2D eigenvalue weighted by Gasteiger charge is -2.29. The monoisotopic (exact) mass is 262 g/mol. The molecule has 0 aromatic carbocycles. The van der Waals surface area contributed by atoms with Gasteiger partial charge in [0.1, 0.15) is 5.82 Å². The Labute approximate surface area is 116 Å². The van der Waals surface area contributed by atoms with Crippen molar-refractivity contribution in [1.29, 1.82) is 0 Å². The number of likely N-dealkylation sites (tertiary alicyclic amines) is 1. The lowest BCUT2D eigenvalue weighted by molar-refractivity contribution is 0.248. The molecule has 4 heteroatoms. The first kappa shape index (κ1) is 14.4. The van der Waals surface area contributed by atoms with Gasteiger partial charge in [-0.1, -0.05) is 13.8 Å². The van der Waals surface area contributed by atoms with Gasteiger partial charge in [-0.3, -0.25) is 0 Å². The van der Waals surface area contributed by atoms with Gasteiger partial charge in [0.25, 0.3) is 0 Å². The van der Waals surface area contributed by atoms with Crippen LogP contribution in [-0.4, -0.2) is 41.5 Å². The number of hydrogen-bond donors (Lipinski definition) is 1. The lowest BCUT2D eigenvalue weighted by Crippen LogP contribution is -2.31. The standard InChI is InChI=1S/C15H26N4/c1-15(2,11-16)9-14-17-7-6-13(18-14)12-5-4-8-19(3)10-12/h6-7,12H,4-5,8-11,16H2,1-3H3. The summed E-state index contributed by atoms with van der Waals surface area (Å²) in [4.78, 5) is 11.6. The second kappa shape index (κ2) is 5.97. The average molecular weight is 262 g/mol. The van der Waals surface area contributed by atoms with E-state index < -0.39 is 0 Å². The molecular weight excluding hydrogens is 236 g/mol. The van der Waals surface area contributed by atoms with Gasteiger partial charge in [0.2, 0.25) is 0 Å². The Morgan fingerprint density at radius 1 is 1.47 bits per heavy atom. The Morgan fingerprint density at radius 2 is 2.26 bits per heavy atom. The number of rotatable bonds is 4. The summed E-state index contributed by atoms with van der Waals surface area (Å²) in [7, 11) is 2.19. The fraction of sp³-hybridized carbons (Fsp3) is 0.733. The van der Waals surface area contributed by atoms with Crippen LogP contribution in [0.1, 0.15) is 44.1 Å². The summed E-state index contributed by atoms with van der Waals surface area (Å²) in [5.41, 5.74) is 7.06. The molecule has 1 fully saturated rings. The van der Waals surface area contributed by atoms with Gasteiger partial charge in [-0.05, 0) is 44.5 Å². The van der Waals surface area contributed by atoms with Crippen LogP contribution < -0.4 is 5.73 Å². The van der Waals surface area contributed by atoms with Crippen molar-refractivity contribution in [2.75, 3.05) is 26.7 Å². The maximum absolute atomic E-state index is 5.79. The first-order valence-corrected chi connectivity index (χ1v) is 7.20. The largest absolute Gasteiger partial charge is 0.330 e. The van der Waals surface area contributed by atoms with E-state index in [1.54, 1.807) is 0 Å². The predicted molar refractivity (Wildman–Crippen MR) is 78.0 cm³/mol. The van der Waals surface area contributed by atoms with Crippen LogP contribution in [0, 0.1) is 5.41 Å². The normalized spacial score (nSPS) is 21.6. The second-order valence-corrected chi connectivity index (χ2v) is 6.54. The third-order valence-corrected chi connectivity index (χ3v) is 3.96. The summed E-state index contributed by atoms with van der Waals surface area (Å²) in [6, 6.07) is 2.07. The van der Waals surface area contributed by atoms with Gasteiger partial charge in [0, 0.05) is 30.8 Å². The highest BCUT2D eigenvalue weighted by Crippen LogP contribution is 2.25. The minimum absolute atomic E-state index is 0.0714. The van der Waals surface area contributed by atoms with Crippen molar-refractivity contribution < 1.29 is 0 Å². The Kier molecular flexibility index (Phi) is 4.53. The fourth-order valence-corrected chi connectivity index (χ4v) is 2.64. The average Bonchev–Trinajstić information content (AvgIpc) is 2.38. The van der Waals surface area contributed by atoms with Crippen LogP contribution in [0.4, 0.5) is 0 Å². The summed E-state index contributed by atoms with van der Waals surface area (Å²) >= 11 is 0. The zero-order valence-electron chi connectivity index (χ0n) is 12.4. The van der Waals surface area contributed by atoms with Crippen molar-refractivity contribution in [1.82, 2.24) is 14.9 Å². The molecule has 2 N–H and O–H groups in total. The third kappa shape index (κ3) is 3.98. The molecule has 0 amide bonds. The topological polar surface area (TPSA) is 55.0 Å². The zero-order chi connectivity index (χ0) is 13.9. The van der Waals surface area contributed by atoms with Crippen molar-refractivity contribution in [2.45, 2.75) is 39.0 Å². The number of aromatic nitrogens is 2. The van der Waals surface area contributed by atoms with Crippen LogP contribution in [0.2, 0.25) is 0 Å². The first-order chi connectivity index (χ1) is 9.00. The van der Waals surface area contributed by atoms with E-state index in [0.717, 1.165) is 18.8 Å². The molecule has 1 saturated heterocycles. The number of nitrogens with zero attached hydrogens (tertiary/aromatic N) is 3. The number of hydrogen-bond acceptors (Lipinski definition) is 4. The molecule has 0 saturated carbocycles. The van der Waals surface area contributed by atoms with E-state index in [-0.39, 0.29) is 5.41 Å². The van der Waals surface area contributed by atoms with Crippen LogP contribution >= 0.6 is 0 Å². The third-order valence-electron chi connectivity index (χ3n) is 3.96. The van der Waals surface area contributed by atoms with Crippen molar-refractivity contribution >= 4 is 0 Å². The van der Waals surface area contributed by atoms with Gasteiger partial charge in [-0.15, -0.1) is 0 Å². The van der Waals surface area contributed by atoms with Crippen molar-refractivity contribution in [2.24, 2.45) is 11.1 Å². The van der Waals surface area contributed by atoms with Crippen LogP contribution in [0.5, 0.6) is 0 Å². The maximum atomic E-state index is 5.79. The molecular formula is C15H26N4. The smallest absolute Gasteiger partial charge is 0.129 e. The molecule has 1 atom stereocenters. The molecule has 1 unspecified atom stereocenters. The second-order valence-electron chi connectivity index (χ2n) is 6.54. The van der Waals surface area contributed by atoms with Gasteiger partial charge in [0.15, 0.2) is 0 Å². The molecule has 1 aliphatic heterocycles. The van der Waals surface area contributed by atoms with E-state index in [0.29, 0.717) is 12.5 Å². The Hall–Kier alpha value is -1.00. The summed E-state index contributed by atoms with van der Waals surface area (Å²) in [6.07, 6.45) is 5.24. The van der Waals surface area contributed by atoms with Gasteiger partial charge in [0.05, 0.1) is 0 Å². The van der Waals surface area contributed by atoms with E-state index in [1.807, 2.05) is 6.20 Å². The highest BCUT2D eigenvalue weighted by molar-refractivity contribution is 5.11. The molecule has 1 aromatic heterocycles. The van der Waals surface area contributed by atoms with Crippen LogP contribution in [0.3, 0.4) is 0 Å². The molecule has 4 nitrogen and oxygen atoms in total. The summed E-state index contributed by atoms with van der Waals surface area (Å²) < 4.78 is 0. The minimum atomic E-state index is 0.0714. The van der Waals surface area contributed by atoms with Gasteiger partial charge in [-0.2, -0.15) is 0 Å². The summed E-state index contributed by atoms with van der Waals surface area (Å²) in [6.45, 7) is 7.30. The Balaban J connectivity index is 2.10. The van der Waals surface area contributed by atoms with Crippen LogP contribution in [0.25, 0.3) is 0 Å². The fourth-order valence-electron chi connectivity index (χ4n) is 2.64. The highest BCUT2D eigenvalue weighted by Gasteiger charge is 2.22. The molecule has 0 aliphatic carbocycles. The number of likely N-dealkylation sites (N-methyl/N-ethyl adjacent to an activating group) is 1. The van der Waals surface area contributed by atoms with E-state index in [2.05, 4.69) is 36.8 Å². The molecule has 1 aliphatic rings. The highest BCUT2D eigenvalue weighted by atomic mass is 15.1. The number of piperidine rings is 1. The van der Waals surface area contributed by atoms with Crippen molar-refractivity contribution in [3.05, 3.63) is 23.8 Å². The molecule has 2 rings (SSSR count). The molecule has 2 heterocycles. The van der Waals surface area contributed by atoms with Gasteiger partial charge in [-0.25, -0.2) is 9.97 Å². The van der Waals surface area contributed by atoms with Crippen LogP contribution in [-0.2, 0) is 6.42 Å². The molecule has 19 heavy (non-hydrogen) atoms. The molecule has 1 aromatic rings. The van der Waals surface area contributed by atoms with E-state index >= 15 is 0 Å².